The average molecular weight is 489 g/mol. The summed E-state index contributed by atoms with van der Waals surface area (Å²) in [5, 5.41) is 3.63. The van der Waals surface area contributed by atoms with Gasteiger partial charge in [-0.05, 0) is 35.9 Å². The van der Waals surface area contributed by atoms with Crippen molar-refractivity contribution in [3.05, 3.63) is 90.3 Å². The third-order valence-corrected chi connectivity index (χ3v) is 7.92. The molecule has 0 bridgehead atoms. The molecule has 0 saturated carbocycles. The number of aromatic nitrogens is 2. The van der Waals surface area contributed by atoms with Crippen molar-refractivity contribution in [3.8, 4) is 11.3 Å². The number of pyridine rings is 2. The van der Waals surface area contributed by atoms with Crippen LogP contribution in [0.4, 0.5) is 0 Å². The van der Waals surface area contributed by atoms with Gasteiger partial charge in [-0.2, -0.15) is 4.31 Å². The predicted molar refractivity (Wildman–Crippen MR) is 132 cm³/mol. The van der Waals surface area contributed by atoms with Gasteiger partial charge in [0, 0.05) is 43.0 Å². The minimum Gasteiger partial charge on any atom is -0.379 e. The molecule has 1 aliphatic heterocycles. The molecular weight excluding hydrogens is 464 g/mol. The molecule has 0 spiro atoms. The molecule has 5 rings (SSSR count). The van der Waals surface area contributed by atoms with Crippen LogP contribution in [-0.2, 0) is 21.3 Å². The summed E-state index contributed by atoms with van der Waals surface area (Å²) in [6, 6.07) is 19.6. The molecule has 3 heterocycles. The summed E-state index contributed by atoms with van der Waals surface area (Å²) in [4.78, 5) is 22.4. The summed E-state index contributed by atoms with van der Waals surface area (Å²) in [6.07, 6.45) is 3.38. The highest BCUT2D eigenvalue weighted by Crippen LogP contribution is 2.25. The zero-order chi connectivity index (χ0) is 24.3. The van der Waals surface area contributed by atoms with Crippen molar-refractivity contribution in [2.45, 2.75) is 11.4 Å². The van der Waals surface area contributed by atoms with Gasteiger partial charge in [0.1, 0.15) is 0 Å². The average Bonchev–Trinajstić information content (AvgIpc) is 2.92. The smallest absolute Gasteiger partial charge is 0.252 e. The van der Waals surface area contributed by atoms with Crippen molar-refractivity contribution >= 4 is 26.8 Å². The number of rotatable bonds is 6. The van der Waals surface area contributed by atoms with Gasteiger partial charge >= 0.3 is 0 Å². The van der Waals surface area contributed by atoms with Gasteiger partial charge in [0.05, 0.1) is 34.9 Å². The maximum Gasteiger partial charge on any atom is 0.252 e. The molecule has 1 N–H and O–H groups in total. The van der Waals surface area contributed by atoms with Crippen molar-refractivity contribution < 1.29 is 17.9 Å². The molecule has 35 heavy (non-hydrogen) atoms. The highest BCUT2D eigenvalue weighted by Gasteiger charge is 2.28. The first kappa shape index (κ1) is 23.1. The first-order chi connectivity index (χ1) is 17.0. The van der Waals surface area contributed by atoms with Crippen LogP contribution in [0.5, 0.6) is 0 Å². The molecule has 8 nitrogen and oxygen atoms in total. The van der Waals surface area contributed by atoms with Gasteiger partial charge < -0.3 is 10.1 Å². The first-order valence-corrected chi connectivity index (χ1v) is 12.7. The van der Waals surface area contributed by atoms with Gasteiger partial charge in [0.25, 0.3) is 5.91 Å². The molecule has 178 valence electrons. The third-order valence-electron chi connectivity index (χ3n) is 5.92. The Morgan fingerprint density at radius 2 is 1.77 bits per heavy atom. The lowest BCUT2D eigenvalue weighted by Gasteiger charge is -2.27. The van der Waals surface area contributed by atoms with Gasteiger partial charge in [-0.3, -0.25) is 9.78 Å². The number of hydrogen-bond donors (Lipinski definition) is 1. The summed E-state index contributed by atoms with van der Waals surface area (Å²) in [5.74, 6) is -0.313. The number of ether oxygens (including phenoxy) is 1. The number of hydrogen-bond acceptors (Lipinski definition) is 6. The minimum atomic E-state index is -3.70. The van der Waals surface area contributed by atoms with Crippen molar-refractivity contribution in [3.63, 3.8) is 0 Å². The Morgan fingerprint density at radius 3 is 2.57 bits per heavy atom. The predicted octanol–water partition coefficient (Wildman–Crippen LogP) is 3.25. The summed E-state index contributed by atoms with van der Waals surface area (Å²) < 4.78 is 33.2. The molecule has 2 aromatic heterocycles. The first-order valence-electron chi connectivity index (χ1n) is 11.3. The van der Waals surface area contributed by atoms with Crippen LogP contribution in [0, 0.1) is 0 Å². The number of carbonyl (C=O) groups excluding carboxylic acids is 1. The van der Waals surface area contributed by atoms with Crippen LogP contribution in [0.2, 0.25) is 0 Å². The van der Waals surface area contributed by atoms with Crippen molar-refractivity contribution in [1.82, 2.24) is 19.6 Å². The molecule has 0 aliphatic carbocycles. The van der Waals surface area contributed by atoms with Gasteiger partial charge in [-0.25, -0.2) is 13.4 Å². The molecule has 0 radical (unpaired) electrons. The molecular formula is C26H24N4O4S. The van der Waals surface area contributed by atoms with E-state index in [2.05, 4.69) is 15.3 Å². The summed E-state index contributed by atoms with van der Waals surface area (Å²) in [5.41, 5.74) is 3.11. The zero-order valence-electron chi connectivity index (χ0n) is 18.9. The number of para-hydroxylation sites is 1. The van der Waals surface area contributed by atoms with E-state index < -0.39 is 10.0 Å². The van der Waals surface area contributed by atoms with Crippen molar-refractivity contribution in [1.29, 1.82) is 0 Å². The van der Waals surface area contributed by atoms with E-state index in [1.54, 1.807) is 42.7 Å². The number of nitrogens with one attached hydrogen (secondary N) is 1. The van der Waals surface area contributed by atoms with Crippen molar-refractivity contribution in [2.75, 3.05) is 26.3 Å². The number of sulfonamides is 1. The van der Waals surface area contributed by atoms with Crippen LogP contribution in [0.1, 0.15) is 15.9 Å². The molecule has 0 atom stereocenters. The summed E-state index contributed by atoms with van der Waals surface area (Å²) in [7, 11) is -3.70. The van der Waals surface area contributed by atoms with Crippen LogP contribution in [0.3, 0.4) is 0 Å². The monoisotopic (exact) mass is 488 g/mol. The standard InChI is InChI=1S/C26H24N4O4S/c31-26(22-16-24(19-7-5-11-27-17-19)29-23-9-3-2-8-21(22)23)28-18-20-6-1-4-10-25(20)35(32,33)30-12-14-34-15-13-30/h1-11,16-17H,12-15,18H2,(H,28,31). The Bertz CT molecular complexity index is 1470. The Hall–Kier alpha value is -3.66. The second-order valence-corrected chi connectivity index (χ2v) is 10.0. The lowest BCUT2D eigenvalue weighted by molar-refractivity contribution is 0.0730. The quantitative estimate of drug-likeness (QED) is 0.447. The highest BCUT2D eigenvalue weighted by atomic mass is 32.2. The van der Waals surface area contributed by atoms with E-state index >= 15 is 0 Å². The van der Waals surface area contributed by atoms with E-state index in [4.69, 9.17) is 4.74 Å². The Labute approximate surface area is 203 Å². The SMILES string of the molecule is O=C(NCc1ccccc1S(=O)(=O)N1CCOCC1)c1cc(-c2cccnc2)nc2ccccc12. The molecule has 2 aromatic carbocycles. The Balaban J connectivity index is 1.44. The van der Waals surface area contributed by atoms with Crippen LogP contribution < -0.4 is 5.32 Å². The van der Waals surface area contributed by atoms with E-state index in [1.807, 2.05) is 36.4 Å². The summed E-state index contributed by atoms with van der Waals surface area (Å²) in [6.45, 7) is 1.42. The number of nitrogens with zero attached hydrogens (tertiary/aromatic N) is 3. The zero-order valence-corrected chi connectivity index (χ0v) is 19.7. The second kappa shape index (κ2) is 9.91. The van der Waals surface area contributed by atoms with Crippen LogP contribution in [0.15, 0.2) is 84.0 Å². The Morgan fingerprint density at radius 1 is 1.00 bits per heavy atom. The lowest BCUT2D eigenvalue weighted by atomic mass is 10.0. The van der Waals surface area contributed by atoms with E-state index in [1.165, 1.54) is 4.31 Å². The second-order valence-electron chi connectivity index (χ2n) is 8.12. The normalized spacial score (nSPS) is 14.6. The van der Waals surface area contributed by atoms with Gasteiger partial charge in [-0.1, -0.05) is 36.4 Å². The number of morpholine rings is 1. The molecule has 0 unspecified atom stereocenters. The van der Waals surface area contributed by atoms with Gasteiger partial charge in [0.15, 0.2) is 0 Å². The topological polar surface area (TPSA) is 101 Å². The van der Waals surface area contributed by atoms with E-state index in [9.17, 15) is 13.2 Å². The Kier molecular flexibility index (Phi) is 6.54. The fraction of sp³-hybridized carbons (Fsp3) is 0.192. The largest absolute Gasteiger partial charge is 0.379 e. The third kappa shape index (κ3) is 4.79. The van der Waals surface area contributed by atoms with E-state index in [-0.39, 0.29) is 17.3 Å². The molecule has 1 aliphatic rings. The van der Waals surface area contributed by atoms with Crippen LogP contribution >= 0.6 is 0 Å². The highest BCUT2D eigenvalue weighted by molar-refractivity contribution is 7.89. The number of benzene rings is 2. The maximum atomic E-state index is 13.3. The van der Waals surface area contributed by atoms with Crippen LogP contribution in [-0.4, -0.2) is 54.9 Å². The summed E-state index contributed by atoms with van der Waals surface area (Å²) >= 11 is 0. The maximum absolute atomic E-state index is 13.3. The molecule has 1 saturated heterocycles. The number of carbonyl (C=O) groups is 1. The van der Waals surface area contributed by atoms with E-state index in [0.29, 0.717) is 54.0 Å². The fourth-order valence-corrected chi connectivity index (χ4v) is 5.75. The molecule has 1 fully saturated rings. The molecule has 4 aromatic rings. The fourth-order valence-electron chi connectivity index (χ4n) is 4.12. The molecule has 1 amide bonds. The van der Waals surface area contributed by atoms with Crippen molar-refractivity contribution in [2.24, 2.45) is 0 Å². The van der Waals surface area contributed by atoms with Gasteiger partial charge in [-0.15, -0.1) is 0 Å². The van der Waals surface area contributed by atoms with Crippen LogP contribution in [0.25, 0.3) is 22.2 Å². The molecule has 9 heteroatoms. The number of fused-ring (bicyclic) bond motifs is 1. The lowest BCUT2D eigenvalue weighted by Crippen LogP contribution is -2.41. The minimum absolute atomic E-state index is 0.0669. The number of amides is 1. The van der Waals surface area contributed by atoms with E-state index in [0.717, 1.165) is 5.56 Å². The van der Waals surface area contributed by atoms with Gasteiger partial charge in [0.2, 0.25) is 10.0 Å².